The summed E-state index contributed by atoms with van der Waals surface area (Å²) in [4.78, 5) is 117. The topological polar surface area (TPSA) is 363 Å². The lowest BCUT2D eigenvalue weighted by Crippen LogP contribution is -2.34. The number of amides is 4. The quantitative estimate of drug-likeness (QED) is 0.0600. The minimum absolute atomic E-state index is 0.0138. The highest BCUT2D eigenvalue weighted by Gasteiger charge is 2.47. The van der Waals surface area contributed by atoms with E-state index >= 15 is 0 Å². The van der Waals surface area contributed by atoms with Gasteiger partial charge in [-0.3, -0.25) is 19.2 Å². The fourth-order valence-corrected chi connectivity index (χ4v) is 14.5. The molecule has 4 unspecified atom stereocenters. The third kappa shape index (κ3) is 14.7. The Bertz CT molecular complexity index is 5690. The Morgan fingerprint density at radius 2 is 0.746 bits per heavy atom. The van der Waals surface area contributed by atoms with Crippen LogP contribution in [0.25, 0.3) is 101 Å². The van der Waals surface area contributed by atoms with Gasteiger partial charge in [0.05, 0.1) is 41.7 Å². The number of carbonyl (C=O) groups excluding carboxylic acids is 4. The molecule has 0 bridgehead atoms. The van der Waals surface area contributed by atoms with E-state index < -0.39 is 11.2 Å². The van der Waals surface area contributed by atoms with Gasteiger partial charge in [0.2, 0.25) is 11.8 Å². The van der Waals surface area contributed by atoms with Crippen LogP contribution in [0.2, 0.25) is 0 Å². The van der Waals surface area contributed by atoms with Crippen LogP contribution >= 0.6 is 0 Å². The minimum atomic E-state index is -1.02. The van der Waals surface area contributed by atoms with Crippen LogP contribution in [0, 0.1) is 45.4 Å². The fourth-order valence-electron chi connectivity index (χ4n) is 14.5. The third-order valence-corrected chi connectivity index (χ3v) is 22.0. The van der Waals surface area contributed by atoms with Gasteiger partial charge in [0.25, 0.3) is 11.8 Å². The van der Waals surface area contributed by atoms with Crippen molar-refractivity contribution in [3.05, 3.63) is 174 Å². The second-order valence-electron chi connectivity index (χ2n) is 30.2. The van der Waals surface area contributed by atoms with Crippen LogP contribution in [0.1, 0.15) is 144 Å². The minimum Gasteiger partial charge on any atom is -0.396 e. The first-order valence-corrected chi connectivity index (χ1v) is 38.8. The smallest absolute Gasteiger partial charge is 0.261 e. The maximum absolute atomic E-state index is 12.8. The molecule has 20 rings (SSSR count). The van der Waals surface area contributed by atoms with Crippen LogP contribution in [0.5, 0.6) is 0 Å². The SMILES string of the molecule is CCn1c(-c2cnc(C)nc2)nc2c(-c3ccc4c(c3)C(C)(OCC3CC3)C(=O)N4)ncnc21.CCn1c(-c2cnc(C)nc2)nc2c(-c3ccc4c(c3)C(C)(OCC3CC3)C(=O)N4)ncnc21.CCn1c(-c2cnc(C)nc2)nc2c(-c3ccc4c(c3)C(C)C(=O)N4)ncnc21.Cc1ccc2c(c1)C(C)C(=O)N2.OCC1CC1. The number of hydrogen-bond donors (Lipinski definition) is 5. The van der Waals surface area contributed by atoms with Gasteiger partial charge in [-0.15, -0.1) is 0 Å². The van der Waals surface area contributed by atoms with Crippen LogP contribution in [0.4, 0.5) is 22.7 Å². The number of nitrogens with zero attached hydrogens (tertiary/aromatic N) is 18. The van der Waals surface area contributed by atoms with Crippen LogP contribution in [0.3, 0.4) is 0 Å². The zero-order chi connectivity index (χ0) is 79.4. The highest BCUT2D eigenvalue weighted by atomic mass is 16.5. The Morgan fingerprint density at radius 1 is 0.412 bits per heavy atom. The summed E-state index contributed by atoms with van der Waals surface area (Å²) >= 11 is 0. The molecule has 29 heteroatoms. The van der Waals surface area contributed by atoms with Gasteiger partial charge < -0.3 is 49.5 Å². The van der Waals surface area contributed by atoms with E-state index in [1.807, 2.05) is 136 Å². The second kappa shape index (κ2) is 30.9. The first-order chi connectivity index (χ1) is 55.1. The molecule has 3 fully saturated rings. The summed E-state index contributed by atoms with van der Waals surface area (Å²) in [5.74, 6) is 5.86. The number of nitrogens with one attached hydrogen (secondary N) is 4. The van der Waals surface area contributed by atoms with Crippen molar-refractivity contribution in [2.75, 3.05) is 41.1 Å². The summed E-state index contributed by atoms with van der Waals surface area (Å²) < 4.78 is 18.4. The van der Waals surface area contributed by atoms with Crippen molar-refractivity contribution < 1.29 is 33.8 Å². The van der Waals surface area contributed by atoms with Crippen LogP contribution in [-0.4, -0.2) is 137 Å². The Hall–Kier alpha value is -12.5. The lowest BCUT2D eigenvalue weighted by molar-refractivity contribution is -0.140. The molecule has 29 nitrogen and oxygen atoms in total. The molecule has 114 heavy (non-hydrogen) atoms. The average molecular weight is 1530 g/mol. The summed E-state index contributed by atoms with van der Waals surface area (Å²) in [6.45, 7) is 25.0. The number of fused-ring (bicyclic) bond motifs is 7. The van der Waals surface area contributed by atoms with Crippen molar-refractivity contribution in [1.29, 1.82) is 0 Å². The fraction of sp³-hybridized carbons (Fsp3) is 0.353. The van der Waals surface area contributed by atoms with Crippen LogP contribution < -0.4 is 21.3 Å². The summed E-state index contributed by atoms with van der Waals surface area (Å²) in [5, 5.41) is 19.9. The summed E-state index contributed by atoms with van der Waals surface area (Å²) in [5.41, 5.74) is 17.9. The Labute approximate surface area is 657 Å². The molecule has 4 atom stereocenters. The predicted molar refractivity (Wildman–Crippen MR) is 431 cm³/mol. The number of ether oxygens (including phenoxy) is 2. The number of aliphatic hydroxyl groups is 1. The van der Waals surface area contributed by atoms with Gasteiger partial charge in [-0.1, -0.05) is 35.9 Å². The lowest BCUT2D eigenvalue weighted by Gasteiger charge is -2.23. The van der Waals surface area contributed by atoms with Crippen molar-refractivity contribution >= 4 is 79.9 Å². The molecule has 5 N–H and O–H groups in total. The standard InChI is InChI=1S/2C25H25N7O2.C21H19N7O.C10H11NO.C4H8O/c2*1-4-32-22(17-10-26-14(2)27-11-17)31-21-20(28-13-29-23(21)32)16-7-8-19-18(9-16)25(3,24(33)30-19)34-12-15-5-6-15;1-4-28-19(14-8-22-12(3)23-9-14)27-18-17(24-10-25-20(18)28)13-5-6-16-15(7-13)11(2)21(29)26-16;1-6-3-4-9-8(5-6)7(2)10(12)11-9;5-3-4-1-2-4/h2*7-11,13,15H,4-6,12H2,1-3H3,(H,30,33);5-11H,4H2,1-3H3,(H,26,29);3-5,7H,1-2H3,(H,11,12);4-5H,1-3H2. The van der Waals surface area contributed by atoms with E-state index in [0.717, 1.165) is 150 Å². The summed E-state index contributed by atoms with van der Waals surface area (Å²) in [7, 11) is 0. The van der Waals surface area contributed by atoms with Crippen molar-refractivity contribution in [2.24, 2.45) is 17.8 Å². The summed E-state index contributed by atoms with van der Waals surface area (Å²) in [6, 6.07) is 23.6. The number of benzene rings is 4. The molecule has 4 aromatic carbocycles. The van der Waals surface area contributed by atoms with Gasteiger partial charge in [0.1, 0.15) is 87.6 Å². The van der Waals surface area contributed by atoms with Gasteiger partial charge in [0, 0.05) is 114 Å². The number of anilines is 4. The normalized spacial score (nSPS) is 18.7. The number of aliphatic hydroxyl groups excluding tert-OH is 1. The zero-order valence-electron chi connectivity index (χ0n) is 65.4. The van der Waals surface area contributed by atoms with Crippen molar-refractivity contribution in [1.82, 2.24) is 88.5 Å². The first-order valence-electron chi connectivity index (χ1n) is 38.8. The number of imidazole rings is 3. The Kier molecular flexibility index (Phi) is 20.5. The highest BCUT2D eigenvalue weighted by molar-refractivity contribution is 6.08. The number of aryl methyl sites for hydroxylation is 7. The van der Waals surface area contributed by atoms with E-state index in [1.54, 1.807) is 56.2 Å². The molecule has 3 aliphatic carbocycles. The van der Waals surface area contributed by atoms with E-state index in [9.17, 15) is 19.2 Å². The van der Waals surface area contributed by atoms with E-state index in [0.29, 0.717) is 97.1 Å². The van der Waals surface area contributed by atoms with Crippen molar-refractivity contribution in [3.8, 4) is 67.9 Å². The molecule has 13 heterocycles. The van der Waals surface area contributed by atoms with E-state index in [2.05, 4.69) is 108 Å². The van der Waals surface area contributed by atoms with E-state index in [4.69, 9.17) is 29.5 Å². The predicted octanol–water partition coefficient (Wildman–Crippen LogP) is 13.5. The van der Waals surface area contributed by atoms with E-state index in [-0.39, 0.29) is 35.5 Å². The van der Waals surface area contributed by atoms with E-state index in [1.165, 1.54) is 18.4 Å². The molecule has 0 spiro atoms. The Morgan fingerprint density at radius 3 is 1.08 bits per heavy atom. The maximum atomic E-state index is 12.8. The molecule has 4 aliphatic heterocycles. The molecule has 3 saturated carbocycles. The molecule has 580 valence electrons. The largest absolute Gasteiger partial charge is 0.396 e. The second-order valence-corrected chi connectivity index (χ2v) is 30.2. The van der Waals surface area contributed by atoms with Gasteiger partial charge in [-0.2, -0.15) is 0 Å². The molecule has 7 aliphatic rings. The first kappa shape index (κ1) is 75.6. The van der Waals surface area contributed by atoms with Crippen molar-refractivity contribution in [2.45, 2.75) is 157 Å². The number of hydrogen-bond acceptors (Lipinski definition) is 22. The molecule has 0 saturated heterocycles. The van der Waals surface area contributed by atoms with Crippen LogP contribution in [-0.2, 0) is 59.5 Å². The average Bonchev–Trinajstić information content (AvgIpc) is 1.59. The lowest BCUT2D eigenvalue weighted by atomic mass is 9.94. The van der Waals surface area contributed by atoms with Gasteiger partial charge in [-0.05, 0) is 186 Å². The number of carbonyl (C=O) groups is 4. The van der Waals surface area contributed by atoms with Crippen molar-refractivity contribution in [3.63, 3.8) is 0 Å². The third-order valence-electron chi connectivity index (χ3n) is 22.0. The van der Waals surface area contributed by atoms with Gasteiger partial charge in [0.15, 0.2) is 28.1 Å². The monoisotopic (exact) mass is 1530 g/mol. The number of rotatable bonds is 16. The van der Waals surface area contributed by atoms with Gasteiger partial charge >= 0.3 is 0 Å². The zero-order valence-corrected chi connectivity index (χ0v) is 65.4. The van der Waals surface area contributed by atoms with Gasteiger partial charge in [-0.25, -0.2) is 74.8 Å². The molecule has 0 radical (unpaired) electrons. The summed E-state index contributed by atoms with van der Waals surface area (Å²) in [6.07, 6.45) is 22.5. The Balaban J connectivity index is 0.000000117. The molecular formula is C85H88N22O7. The molecule has 13 aromatic rings. The maximum Gasteiger partial charge on any atom is 0.261 e. The highest BCUT2D eigenvalue weighted by Crippen LogP contribution is 2.46. The van der Waals surface area contributed by atoms with Crippen LogP contribution in [0.15, 0.2) is 129 Å². The molecular weight excluding hydrogens is 1440 g/mol. The molecule has 4 amide bonds. The number of aromatic nitrogens is 18. The molecule has 9 aromatic heterocycles.